The van der Waals surface area contributed by atoms with Gasteiger partial charge >= 0.3 is 0 Å². The van der Waals surface area contributed by atoms with E-state index in [1.165, 1.54) is 0 Å². The molecule has 2 aromatic rings. The molecule has 0 aliphatic heterocycles. The van der Waals surface area contributed by atoms with E-state index >= 15 is 0 Å². The van der Waals surface area contributed by atoms with E-state index in [2.05, 4.69) is 15.9 Å². The highest BCUT2D eigenvalue weighted by atomic mass is 79.9. The second kappa shape index (κ2) is 5.08. The predicted octanol–water partition coefficient (Wildman–Crippen LogP) is 4.00. The SMILES string of the molecule is CC(C)(O)c1ccc2c(c1)Cc1c(C(N)=O)cc(Cl)c(Br)c1-2. The number of hydrogen-bond donors (Lipinski definition) is 2. The maximum atomic E-state index is 11.7. The first-order chi connectivity index (χ1) is 10.2. The van der Waals surface area contributed by atoms with Crippen LogP contribution in [-0.2, 0) is 12.0 Å². The van der Waals surface area contributed by atoms with E-state index in [1.54, 1.807) is 19.9 Å². The van der Waals surface area contributed by atoms with Crippen molar-refractivity contribution >= 4 is 33.4 Å². The largest absolute Gasteiger partial charge is 0.386 e. The summed E-state index contributed by atoms with van der Waals surface area (Å²) in [6, 6.07) is 7.43. The summed E-state index contributed by atoms with van der Waals surface area (Å²) in [7, 11) is 0. The Morgan fingerprint density at radius 1 is 1.36 bits per heavy atom. The Kier molecular flexibility index (Phi) is 3.59. The molecule has 5 heteroatoms. The van der Waals surface area contributed by atoms with Crippen LogP contribution in [0.25, 0.3) is 11.1 Å². The molecular formula is C17H15BrClNO2. The molecule has 0 heterocycles. The average Bonchev–Trinajstić information content (AvgIpc) is 2.79. The number of carbonyl (C=O) groups excluding carboxylic acids is 1. The van der Waals surface area contributed by atoms with Gasteiger partial charge in [0.25, 0.3) is 0 Å². The fourth-order valence-electron chi connectivity index (χ4n) is 2.90. The lowest BCUT2D eigenvalue weighted by atomic mass is 9.94. The highest BCUT2D eigenvalue weighted by Crippen LogP contribution is 2.46. The highest BCUT2D eigenvalue weighted by molar-refractivity contribution is 9.10. The first-order valence-corrected chi connectivity index (χ1v) is 8.04. The van der Waals surface area contributed by atoms with Gasteiger partial charge in [0.1, 0.15) is 0 Å². The molecule has 0 saturated heterocycles. The van der Waals surface area contributed by atoms with Crippen molar-refractivity contribution in [2.45, 2.75) is 25.9 Å². The molecule has 114 valence electrons. The van der Waals surface area contributed by atoms with Gasteiger partial charge in [0.05, 0.1) is 10.6 Å². The van der Waals surface area contributed by atoms with Gasteiger partial charge in [-0.25, -0.2) is 0 Å². The number of amides is 1. The minimum atomic E-state index is -0.912. The van der Waals surface area contributed by atoms with Gasteiger partial charge in [0.2, 0.25) is 5.91 Å². The molecule has 0 atom stereocenters. The van der Waals surface area contributed by atoms with E-state index in [4.69, 9.17) is 17.3 Å². The molecule has 3 N–H and O–H groups in total. The van der Waals surface area contributed by atoms with Crippen LogP contribution in [0, 0.1) is 0 Å². The van der Waals surface area contributed by atoms with E-state index in [9.17, 15) is 9.90 Å². The Balaban J connectivity index is 2.25. The summed E-state index contributed by atoms with van der Waals surface area (Å²) in [5.41, 5.74) is 9.72. The van der Waals surface area contributed by atoms with Crippen LogP contribution in [0.5, 0.6) is 0 Å². The standard InChI is InChI=1S/C17H15BrClNO2/c1-17(2,22)9-3-4-10-8(5-9)6-11-12(16(20)21)7-13(19)15(18)14(10)11/h3-5,7,22H,6H2,1-2H3,(H2,20,21). The molecule has 0 bridgehead atoms. The van der Waals surface area contributed by atoms with Crippen molar-refractivity contribution in [1.82, 2.24) is 0 Å². The Bertz CT molecular complexity index is 809. The third-order valence-electron chi connectivity index (χ3n) is 4.04. The van der Waals surface area contributed by atoms with E-state index in [-0.39, 0.29) is 0 Å². The number of primary amides is 1. The van der Waals surface area contributed by atoms with Gasteiger partial charge < -0.3 is 10.8 Å². The number of aliphatic hydroxyl groups is 1. The fourth-order valence-corrected chi connectivity index (χ4v) is 3.67. The van der Waals surface area contributed by atoms with Crippen molar-refractivity contribution in [3.63, 3.8) is 0 Å². The number of carbonyl (C=O) groups is 1. The van der Waals surface area contributed by atoms with Gasteiger partial charge in [-0.2, -0.15) is 0 Å². The number of benzene rings is 2. The van der Waals surface area contributed by atoms with Crippen molar-refractivity contribution in [3.8, 4) is 11.1 Å². The number of rotatable bonds is 2. The Morgan fingerprint density at radius 2 is 2.05 bits per heavy atom. The number of fused-ring (bicyclic) bond motifs is 3. The lowest BCUT2D eigenvalue weighted by Gasteiger charge is -2.18. The molecular weight excluding hydrogens is 366 g/mol. The third kappa shape index (κ3) is 2.35. The zero-order chi connectivity index (χ0) is 16.2. The summed E-state index contributed by atoms with van der Waals surface area (Å²) >= 11 is 9.73. The molecule has 0 unspecified atom stereocenters. The molecule has 22 heavy (non-hydrogen) atoms. The molecule has 0 fully saturated rings. The van der Waals surface area contributed by atoms with Crippen LogP contribution in [0.15, 0.2) is 28.7 Å². The fraction of sp³-hybridized carbons (Fsp3) is 0.235. The maximum absolute atomic E-state index is 11.7. The summed E-state index contributed by atoms with van der Waals surface area (Å²) in [4.78, 5) is 11.7. The van der Waals surface area contributed by atoms with Crippen molar-refractivity contribution < 1.29 is 9.90 Å². The summed E-state index contributed by atoms with van der Waals surface area (Å²) in [5.74, 6) is -0.485. The van der Waals surface area contributed by atoms with Gasteiger partial charge in [-0.05, 0) is 64.5 Å². The van der Waals surface area contributed by atoms with Gasteiger partial charge in [-0.15, -0.1) is 0 Å². The van der Waals surface area contributed by atoms with Crippen LogP contribution in [0.3, 0.4) is 0 Å². The summed E-state index contributed by atoms with van der Waals surface area (Å²) < 4.78 is 0.768. The molecule has 0 spiro atoms. The normalized spacial score (nSPS) is 13.0. The van der Waals surface area contributed by atoms with Crippen molar-refractivity contribution in [3.05, 3.63) is 56.0 Å². The highest BCUT2D eigenvalue weighted by Gasteiger charge is 2.28. The summed E-state index contributed by atoms with van der Waals surface area (Å²) in [6.45, 7) is 3.50. The first kappa shape index (κ1) is 15.5. The second-order valence-corrected chi connectivity index (χ2v) is 7.25. The van der Waals surface area contributed by atoms with Crippen LogP contribution in [0.1, 0.15) is 40.9 Å². The van der Waals surface area contributed by atoms with Crippen LogP contribution in [0.4, 0.5) is 0 Å². The molecule has 0 aromatic heterocycles. The zero-order valence-corrected chi connectivity index (χ0v) is 14.5. The van der Waals surface area contributed by atoms with Crippen LogP contribution >= 0.6 is 27.5 Å². The van der Waals surface area contributed by atoms with E-state index in [1.807, 2.05) is 18.2 Å². The lowest BCUT2D eigenvalue weighted by molar-refractivity contribution is 0.0785. The zero-order valence-electron chi connectivity index (χ0n) is 12.2. The minimum absolute atomic E-state index is 0.448. The topological polar surface area (TPSA) is 63.3 Å². The van der Waals surface area contributed by atoms with E-state index in [0.717, 1.165) is 32.3 Å². The Labute approximate surface area is 142 Å². The second-order valence-electron chi connectivity index (χ2n) is 6.05. The summed E-state index contributed by atoms with van der Waals surface area (Å²) in [5, 5.41) is 10.6. The molecule has 2 aromatic carbocycles. The van der Waals surface area contributed by atoms with E-state index in [0.29, 0.717) is 17.0 Å². The maximum Gasteiger partial charge on any atom is 0.249 e. The average molecular weight is 381 g/mol. The predicted molar refractivity (Wildman–Crippen MR) is 91.2 cm³/mol. The third-order valence-corrected chi connectivity index (χ3v) is 5.39. The summed E-state index contributed by atoms with van der Waals surface area (Å²) in [6.07, 6.45) is 0.600. The van der Waals surface area contributed by atoms with E-state index < -0.39 is 11.5 Å². The molecule has 0 radical (unpaired) electrons. The number of nitrogens with two attached hydrogens (primary N) is 1. The first-order valence-electron chi connectivity index (χ1n) is 6.87. The molecule has 3 rings (SSSR count). The smallest absolute Gasteiger partial charge is 0.249 e. The van der Waals surface area contributed by atoms with Crippen molar-refractivity contribution in [2.75, 3.05) is 0 Å². The molecule has 3 nitrogen and oxygen atoms in total. The van der Waals surface area contributed by atoms with Crippen LogP contribution in [0.2, 0.25) is 5.02 Å². The van der Waals surface area contributed by atoms with Crippen molar-refractivity contribution in [2.24, 2.45) is 5.73 Å². The minimum Gasteiger partial charge on any atom is -0.386 e. The van der Waals surface area contributed by atoms with Crippen LogP contribution < -0.4 is 5.73 Å². The monoisotopic (exact) mass is 379 g/mol. The van der Waals surface area contributed by atoms with Gasteiger partial charge in [-0.1, -0.05) is 29.8 Å². The van der Waals surface area contributed by atoms with Crippen LogP contribution in [-0.4, -0.2) is 11.0 Å². The molecule has 1 aliphatic carbocycles. The molecule has 1 aliphatic rings. The van der Waals surface area contributed by atoms with Gasteiger partial charge in [0.15, 0.2) is 0 Å². The molecule has 0 saturated carbocycles. The number of hydrogen-bond acceptors (Lipinski definition) is 2. The Morgan fingerprint density at radius 3 is 2.64 bits per heavy atom. The van der Waals surface area contributed by atoms with Gasteiger partial charge in [-0.3, -0.25) is 4.79 Å². The quantitative estimate of drug-likeness (QED) is 0.706. The molecule has 1 amide bonds. The van der Waals surface area contributed by atoms with Gasteiger partial charge in [0, 0.05) is 15.6 Å². The Hall–Kier alpha value is -1.36. The number of halogens is 2. The lowest BCUT2D eigenvalue weighted by Crippen LogP contribution is -2.15. The van der Waals surface area contributed by atoms with Crippen molar-refractivity contribution in [1.29, 1.82) is 0 Å².